The summed E-state index contributed by atoms with van der Waals surface area (Å²) in [7, 11) is -2.18. The summed E-state index contributed by atoms with van der Waals surface area (Å²) in [5.41, 5.74) is 2.49. The fraction of sp³-hybridized carbons (Fsp3) is 0.300. The number of hydrogen-bond donors (Lipinski definition) is 0. The monoisotopic (exact) mass is 453 g/mol. The molecule has 154 valence electrons. The van der Waals surface area contributed by atoms with Crippen LogP contribution in [0.5, 0.6) is 0 Å². The first-order valence-electron chi connectivity index (χ1n) is 8.96. The highest BCUT2D eigenvalue weighted by atomic mass is 35.5. The average Bonchev–Trinajstić information content (AvgIpc) is 3.12. The molecular weight excluding hydrogens is 433 g/mol. The topological polar surface area (TPSA) is 76.3 Å². The van der Waals surface area contributed by atoms with Crippen molar-refractivity contribution >= 4 is 33.2 Å². The Morgan fingerprint density at radius 3 is 2.41 bits per heavy atom. The van der Waals surface area contributed by atoms with E-state index in [1.165, 1.54) is 18.7 Å². The summed E-state index contributed by atoms with van der Waals surface area (Å²) in [6.07, 6.45) is 0. The summed E-state index contributed by atoms with van der Waals surface area (Å²) in [6.45, 7) is 4.20. The highest BCUT2D eigenvalue weighted by Gasteiger charge is 2.23. The van der Waals surface area contributed by atoms with Gasteiger partial charge in [-0.15, -0.1) is 0 Å². The summed E-state index contributed by atoms with van der Waals surface area (Å²) in [5, 5.41) is 4.71. The largest absolute Gasteiger partial charge is 0.338 e. The van der Waals surface area contributed by atoms with E-state index in [0.29, 0.717) is 27.4 Å². The molecule has 0 aliphatic carbocycles. The SMILES string of the molecule is CC(C)c1ccc(-c2noc(CN(C)S(=O)(=O)Cc3ccc(Cl)cc3Cl)n2)cc1. The van der Waals surface area contributed by atoms with Crippen LogP contribution in [-0.4, -0.2) is 29.9 Å². The van der Waals surface area contributed by atoms with Gasteiger partial charge < -0.3 is 4.52 Å². The number of rotatable bonds is 7. The quantitative estimate of drug-likeness (QED) is 0.495. The van der Waals surface area contributed by atoms with Gasteiger partial charge in [-0.25, -0.2) is 8.42 Å². The first-order valence-corrected chi connectivity index (χ1v) is 11.3. The minimum absolute atomic E-state index is 0.0371. The third kappa shape index (κ3) is 5.36. The number of benzene rings is 2. The van der Waals surface area contributed by atoms with Crippen LogP contribution in [0.15, 0.2) is 47.0 Å². The number of hydrogen-bond acceptors (Lipinski definition) is 5. The molecule has 1 heterocycles. The molecule has 0 N–H and O–H groups in total. The Hall–Kier alpha value is -1.93. The molecule has 29 heavy (non-hydrogen) atoms. The van der Waals surface area contributed by atoms with Gasteiger partial charge in [0.05, 0.1) is 12.3 Å². The van der Waals surface area contributed by atoms with Crippen molar-refractivity contribution in [3.63, 3.8) is 0 Å². The Morgan fingerprint density at radius 1 is 1.10 bits per heavy atom. The van der Waals surface area contributed by atoms with Crippen molar-refractivity contribution in [2.75, 3.05) is 7.05 Å². The fourth-order valence-electron chi connectivity index (χ4n) is 2.69. The van der Waals surface area contributed by atoms with Crippen LogP contribution >= 0.6 is 23.2 Å². The molecule has 9 heteroatoms. The lowest BCUT2D eigenvalue weighted by molar-refractivity contribution is 0.336. The van der Waals surface area contributed by atoms with E-state index < -0.39 is 10.0 Å². The predicted octanol–water partition coefficient (Wildman–Crippen LogP) is 5.13. The second-order valence-corrected chi connectivity index (χ2v) is 9.96. The number of halogens is 2. The molecule has 0 unspecified atom stereocenters. The molecule has 0 saturated heterocycles. The Kier molecular flexibility index (Phi) is 6.63. The maximum Gasteiger partial charge on any atom is 0.242 e. The summed E-state index contributed by atoms with van der Waals surface area (Å²) < 4.78 is 31.7. The first-order chi connectivity index (χ1) is 13.7. The lowest BCUT2D eigenvalue weighted by Crippen LogP contribution is -2.28. The van der Waals surface area contributed by atoms with Crippen molar-refractivity contribution in [2.24, 2.45) is 0 Å². The Bertz CT molecular complexity index is 1100. The molecule has 0 spiro atoms. The van der Waals surface area contributed by atoms with Gasteiger partial charge in [0.25, 0.3) is 0 Å². The van der Waals surface area contributed by atoms with Crippen molar-refractivity contribution in [1.82, 2.24) is 14.4 Å². The van der Waals surface area contributed by atoms with E-state index in [0.717, 1.165) is 9.87 Å². The zero-order valence-electron chi connectivity index (χ0n) is 16.3. The molecule has 6 nitrogen and oxygen atoms in total. The highest BCUT2D eigenvalue weighted by Crippen LogP contribution is 2.24. The lowest BCUT2D eigenvalue weighted by atomic mass is 10.0. The van der Waals surface area contributed by atoms with E-state index in [4.69, 9.17) is 27.7 Å². The van der Waals surface area contributed by atoms with Gasteiger partial charge in [-0.3, -0.25) is 0 Å². The first kappa shape index (κ1) is 21.8. The Morgan fingerprint density at radius 2 is 1.79 bits per heavy atom. The zero-order chi connectivity index (χ0) is 21.2. The fourth-order valence-corrected chi connectivity index (χ4v) is 4.41. The molecule has 0 aliphatic rings. The molecule has 2 aromatic carbocycles. The molecule has 0 amide bonds. The number of aromatic nitrogens is 2. The molecule has 1 aromatic heterocycles. The van der Waals surface area contributed by atoms with Gasteiger partial charge in [0.1, 0.15) is 0 Å². The van der Waals surface area contributed by atoms with Crippen LogP contribution in [0.3, 0.4) is 0 Å². The normalized spacial score (nSPS) is 12.1. The van der Waals surface area contributed by atoms with E-state index in [1.54, 1.807) is 12.1 Å². The lowest BCUT2D eigenvalue weighted by Gasteiger charge is -2.15. The van der Waals surface area contributed by atoms with E-state index >= 15 is 0 Å². The van der Waals surface area contributed by atoms with Crippen LogP contribution in [-0.2, 0) is 22.3 Å². The van der Waals surface area contributed by atoms with Gasteiger partial charge in [-0.2, -0.15) is 9.29 Å². The van der Waals surface area contributed by atoms with E-state index in [9.17, 15) is 8.42 Å². The number of nitrogens with zero attached hydrogens (tertiary/aromatic N) is 3. The van der Waals surface area contributed by atoms with Crippen LogP contribution in [0.4, 0.5) is 0 Å². The van der Waals surface area contributed by atoms with Crippen molar-refractivity contribution in [3.8, 4) is 11.4 Å². The standard InChI is InChI=1S/C20H21Cl2N3O3S/c1-13(2)14-4-6-15(7-5-14)20-23-19(28-24-20)11-25(3)29(26,27)12-16-8-9-17(21)10-18(16)22/h4-10,13H,11-12H2,1-3H3. The third-order valence-corrected chi connectivity index (χ3v) is 6.83. The van der Waals surface area contributed by atoms with Crippen molar-refractivity contribution in [2.45, 2.75) is 32.1 Å². The molecule has 3 aromatic rings. The molecular formula is C20H21Cl2N3O3S. The smallest absolute Gasteiger partial charge is 0.242 e. The van der Waals surface area contributed by atoms with E-state index in [2.05, 4.69) is 24.0 Å². The minimum atomic E-state index is -3.64. The Labute approximate surface area is 180 Å². The third-order valence-electron chi connectivity index (χ3n) is 4.49. The van der Waals surface area contributed by atoms with Gasteiger partial charge in [0.2, 0.25) is 21.7 Å². The number of sulfonamides is 1. The van der Waals surface area contributed by atoms with Gasteiger partial charge in [0.15, 0.2) is 0 Å². The van der Waals surface area contributed by atoms with Crippen LogP contribution in [0.2, 0.25) is 10.0 Å². The van der Waals surface area contributed by atoms with Crippen LogP contribution in [0.1, 0.15) is 36.8 Å². The van der Waals surface area contributed by atoms with Gasteiger partial charge in [-0.05, 0) is 29.2 Å². The van der Waals surface area contributed by atoms with Gasteiger partial charge in [0, 0.05) is 22.7 Å². The molecule has 0 fully saturated rings. The van der Waals surface area contributed by atoms with Crippen LogP contribution in [0.25, 0.3) is 11.4 Å². The van der Waals surface area contributed by atoms with E-state index in [1.807, 2.05) is 24.3 Å². The summed E-state index contributed by atoms with van der Waals surface area (Å²) >= 11 is 12.0. The van der Waals surface area contributed by atoms with Crippen molar-refractivity contribution in [3.05, 3.63) is 69.5 Å². The molecule has 0 atom stereocenters. The van der Waals surface area contributed by atoms with Crippen LogP contribution < -0.4 is 0 Å². The minimum Gasteiger partial charge on any atom is -0.338 e. The summed E-state index contributed by atoms with van der Waals surface area (Å²) in [4.78, 5) is 4.32. The zero-order valence-corrected chi connectivity index (χ0v) is 18.6. The maximum atomic E-state index is 12.7. The summed E-state index contributed by atoms with van der Waals surface area (Å²) in [5.74, 6) is 0.804. The van der Waals surface area contributed by atoms with Crippen molar-refractivity contribution < 1.29 is 12.9 Å². The molecule has 3 rings (SSSR count). The molecule has 0 bridgehead atoms. The molecule has 0 radical (unpaired) electrons. The van der Waals surface area contributed by atoms with Gasteiger partial charge in [-0.1, -0.05) is 72.5 Å². The molecule has 0 saturated carbocycles. The van der Waals surface area contributed by atoms with E-state index in [-0.39, 0.29) is 18.2 Å². The van der Waals surface area contributed by atoms with Crippen molar-refractivity contribution in [1.29, 1.82) is 0 Å². The second kappa shape index (κ2) is 8.83. The molecule has 0 aliphatic heterocycles. The van der Waals surface area contributed by atoms with Crippen LogP contribution in [0, 0.1) is 0 Å². The highest BCUT2D eigenvalue weighted by molar-refractivity contribution is 7.88. The van der Waals surface area contributed by atoms with Gasteiger partial charge >= 0.3 is 0 Å². The Balaban J connectivity index is 1.71. The maximum absolute atomic E-state index is 12.7. The second-order valence-electron chi connectivity index (χ2n) is 7.04. The summed E-state index contributed by atoms with van der Waals surface area (Å²) in [6, 6.07) is 12.6. The average molecular weight is 454 g/mol. The predicted molar refractivity (Wildman–Crippen MR) is 114 cm³/mol.